The van der Waals surface area contributed by atoms with E-state index in [2.05, 4.69) is 5.32 Å². The summed E-state index contributed by atoms with van der Waals surface area (Å²) in [6.45, 7) is 1.03. The molecule has 1 aliphatic rings. The first kappa shape index (κ1) is 16.6. The summed E-state index contributed by atoms with van der Waals surface area (Å²) in [7, 11) is 0. The van der Waals surface area contributed by atoms with Gasteiger partial charge < -0.3 is 5.32 Å². The minimum Gasteiger partial charge on any atom is -0.351 e. The van der Waals surface area contributed by atoms with Crippen molar-refractivity contribution in [1.82, 2.24) is 10.2 Å². The summed E-state index contributed by atoms with van der Waals surface area (Å²) in [5.74, 6) is -0.646. The molecule has 1 aliphatic carbocycles. The van der Waals surface area contributed by atoms with Crippen LogP contribution in [0.25, 0.3) is 0 Å². The summed E-state index contributed by atoms with van der Waals surface area (Å²) < 4.78 is 26.7. The minimum absolute atomic E-state index is 0.109. The summed E-state index contributed by atoms with van der Waals surface area (Å²) in [5.41, 5.74) is 1.45. The third-order valence-electron chi connectivity index (χ3n) is 4.14. The maximum Gasteiger partial charge on any atom is 0.234 e. The van der Waals surface area contributed by atoms with E-state index >= 15 is 0 Å². The lowest BCUT2D eigenvalue weighted by molar-refractivity contribution is -0.122. The maximum absolute atomic E-state index is 13.8. The van der Waals surface area contributed by atoms with Crippen molar-refractivity contribution in [2.24, 2.45) is 0 Å². The largest absolute Gasteiger partial charge is 0.351 e. The molecule has 0 saturated heterocycles. The Balaban J connectivity index is 1.54. The second-order valence-corrected chi connectivity index (χ2v) is 6.13. The van der Waals surface area contributed by atoms with Gasteiger partial charge in [0.25, 0.3) is 0 Å². The molecule has 0 unspecified atom stereocenters. The van der Waals surface area contributed by atoms with Crippen LogP contribution in [0.3, 0.4) is 0 Å². The van der Waals surface area contributed by atoms with Crippen molar-refractivity contribution in [2.45, 2.75) is 32.0 Å². The van der Waals surface area contributed by atoms with Gasteiger partial charge >= 0.3 is 0 Å². The number of rotatable bonds is 7. The summed E-state index contributed by atoms with van der Waals surface area (Å²) in [4.78, 5) is 14.2. The van der Waals surface area contributed by atoms with E-state index in [4.69, 9.17) is 0 Å². The number of carbonyl (C=O) groups excluding carboxylic acids is 1. The third kappa shape index (κ3) is 4.61. The lowest BCUT2D eigenvalue weighted by Gasteiger charge is -2.21. The van der Waals surface area contributed by atoms with Crippen LogP contribution < -0.4 is 5.32 Å². The highest BCUT2D eigenvalue weighted by atomic mass is 19.1. The molecule has 0 spiro atoms. The van der Waals surface area contributed by atoms with E-state index in [1.165, 1.54) is 18.2 Å². The van der Waals surface area contributed by atoms with Gasteiger partial charge in [0.15, 0.2) is 0 Å². The van der Waals surface area contributed by atoms with Crippen LogP contribution in [0.4, 0.5) is 8.78 Å². The molecule has 0 bridgehead atoms. The SMILES string of the molecule is O=C(CN(Cc1ccccc1F)C1CC1)NCc1ccc(F)cc1. The Morgan fingerprint density at radius 1 is 1.08 bits per heavy atom. The molecule has 0 heterocycles. The minimum atomic E-state index is -0.296. The van der Waals surface area contributed by atoms with Crippen LogP contribution in [0.15, 0.2) is 48.5 Å². The third-order valence-corrected chi connectivity index (χ3v) is 4.14. The van der Waals surface area contributed by atoms with Crippen LogP contribution >= 0.6 is 0 Å². The average molecular weight is 330 g/mol. The highest BCUT2D eigenvalue weighted by molar-refractivity contribution is 5.78. The predicted octanol–water partition coefficient (Wildman–Crippen LogP) is 3.25. The Morgan fingerprint density at radius 3 is 2.46 bits per heavy atom. The van der Waals surface area contributed by atoms with Crippen LogP contribution in [-0.4, -0.2) is 23.4 Å². The molecule has 1 N–H and O–H groups in total. The quantitative estimate of drug-likeness (QED) is 0.845. The fourth-order valence-electron chi connectivity index (χ4n) is 2.64. The first-order valence-electron chi connectivity index (χ1n) is 8.10. The molecule has 0 atom stereocenters. The summed E-state index contributed by atoms with van der Waals surface area (Å²) >= 11 is 0. The fourth-order valence-corrected chi connectivity index (χ4v) is 2.64. The van der Waals surface area contributed by atoms with Crippen molar-refractivity contribution >= 4 is 5.91 Å². The highest BCUT2D eigenvalue weighted by Gasteiger charge is 2.30. The zero-order valence-corrected chi connectivity index (χ0v) is 13.3. The van der Waals surface area contributed by atoms with Crippen molar-refractivity contribution in [2.75, 3.05) is 6.54 Å². The average Bonchev–Trinajstić information content (AvgIpc) is 3.41. The number of nitrogens with one attached hydrogen (secondary N) is 1. The van der Waals surface area contributed by atoms with Crippen molar-refractivity contribution in [3.8, 4) is 0 Å². The van der Waals surface area contributed by atoms with Gasteiger partial charge in [-0.3, -0.25) is 9.69 Å². The van der Waals surface area contributed by atoms with Crippen LogP contribution in [-0.2, 0) is 17.9 Å². The zero-order chi connectivity index (χ0) is 16.9. The van der Waals surface area contributed by atoms with Crippen LogP contribution in [0.5, 0.6) is 0 Å². The van der Waals surface area contributed by atoms with Gasteiger partial charge in [0.05, 0.1) is 6.54 Å². The summed E-state index contributed by atoms with van der Waals surface area (Å²) in [6.07, 6.45) is 2.08. The lowest BCUT2D eigenvalue weighted by atomic mass is 10.2. The van der Waals surface area contributed by atoms with E-state index < -0.39 is 0 Å². The molecular formula is C19H20F2N2O. The lowest BCUT2D eigenvalue weighted by Crippen LogP contribution is -2.38. The van der Waals surface area contributed by atoms with Crippen LogP contribution in [0.1, 0.15) is 24.0 Å². The molecule has 5 heteroatoms. The van der Waals surface area contributed by atoms with Gasteiger partial charge in [0.2, 0.25) is 5.91 Å². The molecule has 1 saturated carbocycles. The molecule has 24 heavy (non-hydrogen) atoms. The van der Waals surface area contributed by atoms with Gasteiger partial charge in [0.1, 0.15) is 11.6 Å². The van der Waals surface area contributed by atoms with Crippen molar-refractivity contribution in [3.05, 3.63) is 71.3 Å². The van der Waals surface area contributed by atoms with Gasteiger partial charge in [-0.15, -0.1) is 0 Å². The normalized spacial score (nSPS) is 14.0. The molecule has 126 valence electrons. The number of carbonyl (C=O) groups is 1. The van der Waals surface area contributed by atoms with E-state index in [0.717, 1.165) is 18.4 Å². The molecule has 1 amide bonds. The molecule has 1 fully saturated rings. The molecule has 0 radical (unpaired) electrons. The standard InChI is InChI=1S/C19H20F2N2O/c20-16-7-5-14(6-8-16)11-22-19(24)13-23(17-9-10-17)12-15-3-1-2-4-18(15)21/h1-8,17H,9-13H2,(H,22,24). The van der Waals surface area contributed by atoms with E-state index in [-0.39, 0.29) is 24.1 Å². The number of benzene rings is 2. The van der Waals surface area contributed by atoms with Crippen molar-refractivity contribution in [3.63, 3.8) is 0 Å². The molecular weight excluding hydrogens is 310 g/mol. The molecule has 2 aromatic rings. The van der Waals surface area contributed by atoms with Crippen molar-refractivity contribution in [1.29, 1.82) is 0 Å². The second-order valence-electron chi connectivity index (χ2n) is 6.13. The van der Waals surface area contributed by atoms with Crippen molar-refractivity contribution < 1.29 is 13.6 Å². The molecule has 0 aromatic heterocycles. The van der Waals surface area contributed by atoms with Gasteiger partial charge in [-0.1, -0.05) is 30.3 Å². The van der Waals surface area contributed by atoms with E-state index in [1.807, 2.05) is 4.90 Å². The molecule has 3 nitrogen and oxygen atoms in total. The van der Waals surface area contributed by atoms with E-state index in [1.54, 1.807) is 30.3 Å². The van der Waals surface area contributed by atoms with E-state index in [9.17, 15) is 13.6 Å². The number of nitrogens with zero attached hydrogens (tertiary/aromatic N) is 1. The Hall–Kier alpha value is -2.27. The summed E-state index contributed by atoms with van der Waals surface area (Å²) in [6, 6.07) is 13.0. The zero-order valence-electron chi connectivity index (χ0n) is 13.3. The number of amides is 1. The van der Waals surface area contributed by atoms with Gasteiger partial charge in [-0.2, -0.15) is 0 Å². The number of hydrogen-bond donors (Lipinski definition) is 1. The monoisotopic (exact) mass is 330 g/mol. The highest BCUT2D eigenvalue weighted by Crippen LogP contribution is 2.28. The maximum atomic E-state index is 13.8. The fraction of sp³-hybridized carbons (Fsp3) is 0.316. The first-order chi connectivity index (χ1) is 11.6. The molecule has 0 aliphatic heterocycles. The second kappa shape index (κ2) is 7.53. The summed E-state index contributed by atoms with van der Waals surface area (Å²) in [5, 5.41) is 2.84. The Labute approximate surface area is 140 Å². The van der Waals surface area contributed by atoms with Crippen LogP contribution in [0.2, 0.25) is 0 Å². The molecule has 2 aromatic carbocycles. The Morgan fingerprint density at radius 2 is 1.79 bits per heavy atom. The number of hydrogen-bond acceptors (Lipinski definition) is 2. The van der Waals surface area contributed by atoms with Gasteiger partial charge in [-0.25, -0.2) is 8.78 Å². The molecule has 3 rings (SSSR count). The first-order valence-corrected chi connectivity index (χ1v) is 8.10. The Bertz CT molecular complexity index is 699. The van der Waals surface area contributed by atoms with E-state index in [0.29, 0.717) is 24.7 Å². The smallest absolute Gasteiger partial charge is 0.234 e. The van der Waals surface area contributed by atoms with Gasteiger partial charge in [-0.05, 0) is 36.6 Å². The van der Waals surface area contributed by atoms with Crippen LogP contribution in [0, 0.1) is 11.6 Å². The topological polar surface area (TPSA) is 32.3 Å². The van der Waals surface area contributed by atoms with Gasteiger partial charge in [0, 0.05) is 24.7 Å². The predicted molar refractivity (Wildman–Crippen MR) is 88.1 cm³/mol. The number of halogens is 2. The Kier molecular flexibility index (Phi) is 5.20.